The number of aromatic nitrogens is 3. The molecule has 0 aliphatic carbocycles. The third-order valence-corrected chi connectivity index (χ3v) is 4.42. The van der Waals surface area contributed by atoms with Crippen LogP contribution in [0.4, 0.5) is 13.2 Å². The lowest BCUT2D eigenvalue weighted by molar-refractivity contribution is -0.139. The number of pyridine rings is 1. The number of halogens is 4. The quantitative estimate of drug-likeness (QED) is 0.467. The molecule has 0 spiro atoms. The normalized spacial score (nSPS) is 12.4. The molecule has 3 aromatic heterocycles. The Kier molecular flexibility index (Phi) is 3.54. The van der Waals surface area contributed by atoms with E-state index in [4.69, 9.17) is 11.6 Å². The van der Waals surface area contributed by atoms with Crippen molar-refractivity contribution >= 4 is 33.4 Å². The first-order valence-electron chi connectivity index (χ1n) is 7.58. The number of aryl methyl sites for hydroxylation is 1. The lowest BCUT2D eigenvalue weighted by Gasteiger charge is -2.13. The topological polar surface area (TPSA) is 22.8 Å². The van der Waals surface area contributed by atoms with Gasteiger partial charge >= 0.3 is 6.18 Å². The van der Waals surface area contributed by atoms with Gasteiger partial charge in [-0.2, -0.15) is 13.2 Å². The van der Waals surface area contributed by atoms with Crippen LogP contribution in [0.5, 0.6) is 0 Å². The zero-order chi connectivity index (χ0) is 17.8. The molecule has 4 rings (SSSR count). The summed E-state index contributed by atoms with van der Waals surface area (Å²) in [5.41, 5.74) is 2.43. The van der Waals surface area contributed by atoms with Crippen LogP contribution in [-0.2, 0) is 13.6 Å². The van der Waals surface area contributed by atoms with Gasteiger partial charge in [0, 0.05) is 52.6 Å². The van der Waals surface area contributed by atoms with Crippen molar-refractivity contribution in [2.24, 2.45) is 7.05 Å². The standard InChI is InChI=1S/C18H13ClF3N3/c1-24-5-3-11(9-24)14-6-12(19)7-15-13-2-4-23-8-16(13)25(17(14)15)10-18(20,21)22/h2-9H,10H2,1H3. The minimum Gasteiger partial charge on any atom is -0.357 e. The van der Waals surface area contributed by atoms with Gasteiger partial charge in [-0.3, -0.25) is 4.98 Å². The highest BCUT2D eigenvalue weighted by atomic mass is 35.5. The summed E-state index contributed by atoms with van der Waals surface area (Å²) in [7, 11) is 1.86. The molecule has 0 saturated carbocycles. The number of nitrogens with zero attached hydrogens (tertiary/aromatic N) is 3. The van der Waals surface area contributed by atoms with E-state index in [0.717, 1.165) is 5.56 Å². The molecule has 0 N–H and O–H groups in total. The molecule has 0 radical (unpaired) electrons. The summed E-state index contributed by atoms with van der Waals surface area (Å²) in [6, 6.07) is 6.99. The summed E-state index contributed by atoms with van der Waals surface area (Å²) in [5, 5.41) is 1.87. The molecule has 4 aromatic rings. The first kappa shape index (κ1) is 16.0. The fourth-order valence-electron chi connectivity index (χ4n) is 3.27. The Labute approximate surface area is 146 Å². The van der Waals surface area contributed by atoms with Crippen LogP contribution in [0, 0.1) is 0 Å². The molecule has 3 heterocycles. The number of fused-ring (bicyclic) bond motifs is 3. The predicted molar refractivity (Wildman–Crippen MR) is 92.7 cm³/mol. The van der Waals surface area contributed by atoms with Crippen LogP contribution < -0.4 is 0 Å². The number of hydrogen-bond donors (Lipinski definition) is 0. The monoisotopic (exact) mass is 363 g/mol. The highest BCUT2D eigenvalue weighted by Gasteiger charge is 2.30. The molecule has 3 nitrogen and oxygen atoms in total. The van der Waals surface area contributed by atoms with Crippen molar-refractivity contribution in [1.82, 2.24) is 14.1 Å². The fourth-order valence-corrected chi connectivity index (χ4v) is 3.49. The highest BCUT2D eigenvalue weighted by molar-refractivity contribution is 6.32. The van der Waals surface area contributed by atoms with Gasteiger partial charge < -0.3 is 9.13 Å². The van der Waals surface area contributed by atoms with E-state index in [0.29, 0.717) is 32.4 Å². The van der Waals surface area contributed by atoms with Gasteiger partial charge in [-0.05, 0) is 24.3 Å². The molecular weight excluding hydrogens is 351 g/mol. The zero-order valence-corrected chi connectivity index (χ0v) is 13.9. The average Bonchev–Trinajstić information content (AvgIpc) is 3.09. The molecule has 0 unspecified atom stereocenters. The molecule has 0 saturated heterocycles. The van der Waals surface area contributed by atoms with Gasteiger partial charge in [0.2, 0.25) is 0 Å². The third-order valence-electron chi connectivity index (χ3n) is 4.21. The first-order chi connectivity index (χ1) is 11.8. The zero-order valence-electron chi connectivity index (χ0n) is 13.2. The average molecular weight is 364 g/mol. The van der Waals surface area contributed by atoms with Crippen molar-refractivity contribution in [3.63, 3.8) is 0 Å². The van der Waals surface area contributed by atoms with Gasteiger partial charge in [0.15, 0.2) is 0 Å². The van der Waals surface area contributed by atoms with Crippen molar-refractivity contribution in [1.29, 1.82) is 0 Å². The number of rotatable bonds is 2. The lowest BCUT2D eigenvalue weighted by atomic mass is 10.0. The molecule has 7 heteroatoms. The molecule has 0 fully saturated rings. The maximum absolute atomic E-state index is 13.2. The first-order valence-corrected chi connectivity index (χ1v) is 7.96. The fraction of sp³-hybridized carbons (Fsp3) is 0.167. The van der Waals surface area contributed by atoms with Gasteiger partial charge in [0.25, 0.3) is 0 Å². The maximum Gasteiger partial charge on any atom is 0.406 e. The minimum absolute atomic E-state index is 0.439. The van der Waals surface area contributed by atoms with Crippen molar-refractivity contribution in [2.45, 2.75) is 12.7 Å². The van der Waals surface area contributed by atoms with E-state index in [1.807, 2.05) is 30.1 Å². The van der Waals surface area contributed by atoms with E-state index >= 15 is 0 Å². The molecular formula is C18H13ClF3N3. The molecule has 128 valence electrons. The number of hydrogen-bond acceptors (Lipinski definition) is 1. The van der Waals surface area contributed by atoms with Crippen LogP contribution in [-0.4, -0.2) is 20.3 Å². The number of benzene rings is 1. The van der Waals surface area contributed by atoms with E-state index in [1.165, 1.54) is 10.8 Å². The summed E-state index contributed by atoms with van der Waals surface area (Å²) in [4.78, 5) is 4.00. The Hall–Kier alpha value is -2.47. The molecule has 0 aliphatic heterocycles. The van der Waals surface area contributed by atoms with E-state index in [1.54, 1.807) is 24.4 Å². The van der Waals surface area contributed by atoms with Gasteiger partial charge in [-0.25, -0.2) is 0 Å². The van der Waals surface area contributed by atoms with Crippen LogP contribution in [0.3, 0.4) is 0 Å². The van der Waals surface area contributed by atoms with Crippen molar-refractivity contribution in [3.05, 3.63) is 54.1 Å². The smallest absolute Gasteiger partial charge is 0.357 e. The van der Waals surface area contributed by atoms with E-state index in [2.05, 4.69) is 4.98 Å². The second-order valence-electron chi connectivity index (χ2n) is 6.01. The second-order valence-corrected chi connectivity index (χ2v) is 6.45. The molecule has 25 heavy (non-hydrogen) atoms. The van der Waals surface area contributed by atoms with Gasteiger partial charge in [0.1, 0.15) is 6.54 Å². The van der Waals surface area contributed by atoms with Crippen LogP contribution in [0.15, 0.2) is 49.1 Å². The Balaban J connectivity index is 2.15. The molecule has 0 aliphatic rings. The van der Waals surface area contributed by atoms with Crippen molar-refractivity contribution < 1.29 is 13.2 Å². The van der Waals surface area contributed by atoms with Crippen LogP contribution in [0.2, 0.25) is 5.02 Å². The van der Waals surface area contributed by atoms with Gasteiger partial charge in [-0.15, -0.1) is 0 Å². The lowest BCUT2D eigenvalue weighted by Crippen LogP contribution is -2.17. The second kappa shape index (κ2) is 5.52. The third kappa shape index (κ3) is 2.76. The molecule has 1 aromatic carbocycles. The molecule has 0 bridgehead atoms. The minimum atomic E-state index is -4.34. The van der Waals surface area contributed by atoms with Crippen LogP contribution >= 0.6 is 11.6 Å². The Bertz CT molecular complexity index is 1090. The van der Waals surface area contributed by atoms with E-state index in [-0.39, 0.29) is 0 Å². The summed E-state index contributed by atoms with van der Waals surface area (Å²) in [6.07, 6.45) is 2.40. The summed E-state index contributed by atoms with van der Waals surface area (Å²) >= 11 is 6.27. The Morgan fingerprint density at radius 1 is 1.16 bits per heavy atom. The van der Waals surface area contributed by atoms with Crippen LogP contribution in [0.1, 0.15) is 0 Å². The van der Waals surface area contributed by atoms with E-state index < -0.39 is 12.7 Å². The largest absolute Gasteiger partial charge is 0.406 e. The maximum atomic E-state index is 13.2. The summed E-state index contributed by atoms with van der Waals surface area (Å²) in [6.45, 7) is -1.08. The van der Waals surface area contributed by atoms with Crippen molar-refractivity contribution in [2.75, 3.05) is 0 Å². The van der Waals surface area contributed by atoms with Gasteiger partial charge in [-0.1, -0.05) is 11.6 Å². The van der Waals surface area contributed by atoms with Crippen LogP contribution in [0.25, 0.3) is 32.9 Å². The molecule has 0 amide bonds. The Morgan fingerprint density at radius 3 is 2.64 bits per heavy atom. The van der Waals surface area contributed by atoms with E-state index in [9.17, 15) is 13.2 Å². The number of alkyl halides is 3. The molecule has 0 atom stereocenters. The predicted octanol–water partition coefficient (Wildman–Crippen LogP) is 5.41. The summed E-state index contributed by atoms with van der Waals surface area (Å²) < 4.78 is 42.8. The van der Waals surface area contributed by atoms with Crippen molar-refractivity contribution in [3.8, 4) is 11.1 Å². The summed E-state index contributed by atoms with van der Waals surface area (Å²) in [5.74, 6) is 0. The SMILES string of the molecule is Cn1ccc(-c2cc(Cl)cc3c4ccncc4n(CC(F)(F)F)c23)c1. The Morgan fingerprint density at radius 2 is 1.96 bits per heavy atom. The highest BCUT2D eigenvalue weighted by Crippen LogP contribution is 2.39. The van der Waals surface area contributed by atoms with Gasteiger partial charge in [0.05, 0.1) is 17.2 Å².